The van der Waals surface area contributed by atoms with Crippen LogP contribution in [0.3, 0.4) is 0 Å². The van der Waals surface area contributed by atoms with E-state index < -0.39 is 0 Å². The number of ether oxygens (including phenoxy) is 1. The standard InChI is InChI=1S/C7H16N2OS/c1-8(2)7-5-9(11)3-4-10-6-7/h7,11H,3-6H2,1-2H3. The molecule has 0 aromatic rings. The van der Waals surface area contributed by atoms with Gasteiger partial charge in [-0.15, -0.1) is 0 Å². The first kappa shape index (κ1) is 9.32. The lowest BCUT2D eigenvalue weighted by Gasteiger charge is -2.24. The quantitative estimate of drug-likeness (QED) is 0.570. The van der Waals surface area contributed by atoms with Gasteiger partial charge in [0.05, 0.1) is 13.2 Å². The fourth-order valence-electron chi connectivity index (χ4n) is 1.09. The van der Waals surface area contributed by atoms with Gasteiger partial charge in [0.15, 0.2) is 0 Å². The molecular formula is C7H16N2OS. The zero-order valence-corrected chi connectivity index (χ0v) is 8.05. The second kappa shape index (κ2) is 4.30. The van der Waals surface area contributed by atoms with Crippen molar-refractivity contribution in [2.24, 2.45) is 0 Å². The van der Waals surface area contributed by atoms with Crippen molar-refractivity contribution >= 4 is 12.8 Å². The number of thiol groups is 1. The molecule has 0 bridgehead atoms. The van der Waals surface area contributed by atoms with E-state index in [-0.39, 0.29) is 0 Å². The van der Waals surface area contributed by atoms with E-state index in [1.54, 1.807) is 0 Å². The summed E-state index contributed by atoms with van der Waals surface area (Å²) in [5.41, 5.74) is 0. The molecule has 3 nitrogen and oxygen atoms in total. The third kappa shape index (κ3) is 2.99. The lowest BCUT2D eigenvalue weighted by atomic mass is 10.3. The molecule has 11 heavy (non-hydrogen) atoms. The van der Waals surface area contributed by atoms with E-state index in [2.05, 4.69) is 31.8 Å². The first-order valence-electron chi connectivity index (χ1n) is 3.88. The number of hydrogen-bond donors (Lipinski definition) is 1. The summed E-state index contributed by atoms with van der Waals surface area (Å²) in [4.78, 5) is 2.18. The van der Waals surface area contributed by atoms with Crippen LogP contribution >= 0.6 is 12.8 Å². The van der Waals surface area contributed by atoms with Gasteiger partial charge in [-0.05, 0) is 14.1 Å². The fourth-order valence-corrected chi connectivity index (χ4v) is 1.36. The highest BCUT2D eigenvalue weighted by molar-refractivity contribution is 7.77. The van der Waals surface area contributed by atoms with Crippen molar-refractivity contribution in [3.8, 4) is 0 Å². The van der Waals surface area contributed by atoms with E-state index in [4.69, 9.17) is 4.74 Å². The third-order valence-corrected chi connectivity index (χ3v) is 2.32. The average molecular weight is 176 g/mol. The molecule has 4 heteroatoms. The van der Waals surface area contributed by atoms with Crippen LogP contribution in [0.15, 0.2) is 0 Å². The van der Waals surface area contributed by atoms with Gasteiger partial charge in [0, 0.05) is 19.1 Å². The molecule has 0 N–H and O–H groups in total. The maximum absolute atomic E-state index is 5.41. The molecule has 0 saturated carbocycles. The van der Waals surface area contributed by atoms with Crippen LogP contribution in [0.1, 0.15) is 0 Å². The van der Waals surface area contributed by atoms with Crippen molar-refractivity contribution in [1.82, 2.24) is 9.21 Å². The summed E-state index contributed by atoms with van der Waals surface area (Å²) in [5.74, 6) is 0. The van der Waals surface area contributed by atoms with Crippen LogP contribution in [0.5, 0.6) is 0 Å². The Morgan fingerprint density at radius 3 is 2.91 bits per heavy atom. The minimum absolute atomic E-state index is 0.481. The normalized spacial score (nSPS) is 28.9. The van der Waals surface area contributed by atoms with Crippen LogP contribution in [0.2, 0.25) is 0 Å². The largest absolute Gasteiger partial charge is 0.378 e. The fraction of sp³-hybridized carbons (Fsp3) is 1.00. The Morgan fingerprint density at radius 1 is 1.55 bits per heavy atom. The second-order valence-electron chi connectivity index (χ2n) is 3.10. The van der Waals surface area contributed by atoms with Crippen LogP contribution in [0.25, 0.3) is 0 Å². The summed E-state index contributed by atoms with van der Waals surface area (Å²) in [6, 6.07) is 0.481. The summed E-state index contributed by atoms with van der Waals surface area (Å²) >= 11 is 4.31. The lowest BCUT2D eigenvalue weighted by Crippen LogP contribution is -2.38. The Bertz CT molecular complexity index is 121. The predicted octanol–water partition coefficient (Wildman–Crippen LogP) is 0.0936. The Kier molecular flexibility index (Phi) is 3.65. The van der Waals surface area contributed by atoms with Gasteiger partial charge in [0.2, 0.25) is 0 Å². The molecular weight excluding hydrogens is 160 g/mol. The zero-order chi connectivity index (χ0) is 8.27. The van der Waals surface area contributed by atoms with Crippen LogP contribution in [0.4, 0.5) is 0 Å². The molecule has 0 aliphatic carbocycles. The van der Waals surface area contributed by atoms with Crippen molar-refractivity contribution in [1.29, 1.82) is 0 Å². The van der Waals surface area contributed by atoms with Gasteiger partial charge < -0.3 is 9.64 Å². The average Bonchev–Trinajstić information content (AvgIpc) is 2.13. The SMILES string of the molecule is CN(C)C1COCCN(S)C1. The minimum atomic E-state index is 0.481. The molecule has 1 aliphatic rings. The molecule has 1 saturated heterocycles. The molecule has 1 aliphatic heterocycles. The van der Waals surface area contributed by atoms with Crippen molar-refractivity contribution < 1.29 is 4.74 Å². The summed E-state index contributed by atoms with van der Waals surface area (Å²) in [5, 5.41) is 0. The molecule has 66 valence electrons. The van der Waals surface area contributed by atoms with Gasteiger partial charge in [-0.1, -0.05) is 12.8 Å². The van der Waals surface area contributed by atoms with Gasteiger partial charge in [-0.3, -0.25) is 0 Å². The van der Waals surface area contributed by atoms with Gasteiger partial charge in [0.1, 0.15) is 0 Å². The minimum Gasteiger partial charge on any atom is -0.378 e. The van der Waals surface area contributed by atoms with E-state index >= 15 is 0 Å². The van der Waals surface area contributed by atoms with Crippen LogP contribution < -0.4 is 0 Å². The van der Waals surface area contributed by atoms with Crippen molar-refractivity contribution in [3.05, 3.63) is 0 Å². The highest BCUT2D eigenvalue weighted by Gasteiger charge is 2.17. The van der Waals surface area contributed by atoms with Crippen LogP contribution in [-0.4, -0.2) is 55.6 Å². The Balaban J connectivity index is 2.39. The van der Waals surface area contributed by atoms with Gasteiger partial charge in [0.25, 0.3) is 0 Å². The molecule has 0 amide bonds. The predicted molar refractivity (Wildman–Crippen MR) is 48.9 cm³/mol. The molecule has 1 atom stereocenters. The summed E-state index contributed by atoms with van der Waals surface area (Å²) in [6.07, 6.45) is 0. The van der Waals surface area contributed by atoms with Gasteiger partial charge >= 0.3 is 0 Å². The van der Waals surface area contributed by atoms with Crippen LogP contribution in [-0.2, 0) is 4.74 Å². The van der Waals surface area contributed by atoms with Gasteiger partial charge in [-0.25, -0.2) is 4.31 Å². The maximum Gasteiger partial charge on any atom is 0.0635 e. The highest BCUT2D eigenvalue weighted by atomic mass is 32.1. The molecule has 1 fully saturated rings. The molecule has 0 aromatic heterocycles. The van der Waals surface area contributed by atoms with Gasteiger partial charge in [-0.2, -0.15) is 0 Å². The molecule has 0 aromatic carbocycles. The van der Waals surface area contributed by atoms with Crippen LogP contribution in [0, 0.1) is 0 Å². The smallest absolute Gasteiger partial charge is 0.0635 e. The summed E-state index contributed by atoms with van der Waals surface area (Å²) in [7, 11) is 4.14. The van der Waals surface area contributed by atoms with Crippen molar-refractivity contribution in [2.45, 2.75) is 6.04 Å². The van der Waals surface area contributed by atoms with Crippen molar-refractivity contribution in [2.75, 3.05) is 40.4 Å². The molecule has 1 unspecified atom stereocenters. The molecule has 1 heterocycles. The van der Waals surface area contributed by atoms with E-state index in [9.17, 15) is 0 Å². The first-order chi connectivity index (χ1) is 5.20. The first-order valence-corrected chi connectivity index (χ1v) is 4.28. The van der Waals surface area contributed by atoms with E-state index in [1.807, 2.05) is 4.31 Å². The number of nitrogens with zero attached hydrogens (tertiary/aromatic N) is 2. The second-order valence-corrected chi connectivity index (χ2v) is 3.67. The summed E-state index contributed by atoms with van der Waals surface area (Å²) < 4.78 is 7.42. The Labute approximate surface area is 73.8 Å². The Morgan fingerprint density at radius 2 is 2.27 bits per heavy atom. The zero-order valence-electron chi connectivity index (χ0n) is 7.16. The third-order valence-electron chi connectivity index (χ3n) is 1.96. The van der Waals surface area contributed by atoms with E-state index in [1.165, 1.54) is 0 Å². The van der Waals surface area contributed by atoms with Crippen molar-refractivity contribution in [3.63, 3.8) is 0 Å². The number of likely N-dealkylation sites (N-methyl/N-ethyl adjacent to an activating group) is 1. The molecule has 0 spiro atoms. The maximum atomic E-state index is 5.41. The lowest BCUT2D eigenvalue weighted by molar-refractivity contribution is 0.103. The topological polar surface area (TPSA) is 15.7 Å². The Hall–Kier alpha value is 0.230. The summed E-state index contributed by atoms with van der Waals surface area (Å²) in [6.45, 7) is 3.53. The highest BCUT2D eigenvalue weighted by Crippen LogP contribution is 2.05. The molecule has 1 rings (SSSR count). The van der Waals surface area contributed by atoms with E-state index in [0.717, 1.165) is 26.3 Å². The number of hydrogen-bond acceptors (Lipinski definition) is 4. The molecule has 0 radical (unpaired) electrons. The van der Waals surface area contributed by atoms with E-state index in [0.29, 0.717) is 6.04 Å². The number of rotatable bonds is 1. The monoisotopic (exact) mass is 176 g/mol.